The number of fused-ring (bicyclic) bond motifs is 1. The Kier molecular flexibility index (Phi) is 3.33. The van der Waals surface area contributed by atoms with Crippen LogP contribution in [0, 0.1) is 0 Å². The Labute approximate surface area is 108 Å². The van der Waals surface area contributed by atoms with Crippen LogP contribution in [0.25, 0.3) is 10.9 Å². The van der Waals surface area contributed by atoms with Crippen molar-refractivity contribution >= 4 is 22.8 Å². The summed E-state index contributed by atoms with van der Waals surface area (Å²) in [4.78, 5) is 36.9. The third-order valence-electron chi connectivity index (χ3n) is 2.65. The van der Waals surface area contributed by atoms with Crippen LogP contribution in [0.4, 0.5) is 0 Å². The molecule has 0 aliphatic heterocycles. The zero-order valence-electron chi connectivity index (χ0n) is 10.2. The van der Waals surface area contributed by atoms with Crippen LogP contribution in [0.1, 0.15) is 17.3 Å². The predicted molar refractivity (Wildman–Crippen MR) is 68.6 cm³/mol. The molecule has 3 N–H and O–H groups in total. The zero-order valence-corrected chi connectivity index (χ0v) is 10.2. The van der Waals surface area contributed by atoms with Crippen LogP contribution in [-0.2, 0) is 9.53 Å². The number of carbonyl (C=O) groups excluding carboxylic acids is 2. The second kappa shape index (κ2) is 4.93. The number of hydrogen-bond donors (Lipinski definition) is 2. The molecule has 0 fully saturated rings. The van der Waals surface area contributed by atoms with Crippen molar-refractivity contribution in [3.63, 3.8) is 0 Å². The highest BCUT2D eigenvalue weighted by atomic mass is 16.5. The van der Waals surface area contributed by atoms with Gasteiger partial charge in [0.05, 0.1) is 5.56 Å². The minimum atomic E-state index is -1.05. The molecule has 2 aromatic rings. The molecule has 0 saturated carbocycles. The molecule has 0 aliphatic rings. The van der Waals surface area contributed by atoms with Gasteiger partial charge in [-0.2, -0.15) is 0 Å². The van der Waals surface area contributed by atoms with Crippen LogP contribution >= 0.6 is 0 Å². The maximum Gasteiger partial charge on any atom is 0.339 e. The average molecular weight is 260 g/mol. The number of aromatic amines is 1. The van der Waals surface area contributed by atoms with Crippen LogP contribution in [0.3, 0.4) is 0 Å². The number of carbonyl (C=O) groups is 2. The number of pyridine rings is 1. The van der Waals surface area contributed by atoms with Gasteiger partial charge < -0.3 is 15.5 Å². The van der Waals surface area contributed by atoms with Crippen molar-refractivity contribution in [1.82, 2.24) is 4.98 Å². The van der Waals surface area contributed by atoms with Crippen molar-refractivity contribution in [1.29, 1.82) is 0 Å². The second-order valence-electron chi connectivity index (χ2n) is 4.04. The van der Waals surface area contributed by atoms with Crippen LogP contribution in [0.5, 0.6) is 0 Å². The fourth-order valence-electron chi connectivity index (χ4n) is 1.66. The SMILES string of the molecule is C[C@H](OC(=O)c1cc(=O)[nH]c2ccccc12)C(N)=O. The molecule has 1 heterocycles. The Bertz CT molecular complexity index is 705. The Morgan fingerprint density at radius 2 is 2.00 bits per heavy atom. The smallest absolute Gasteiger partial charge is 0.339 e. The molecule has 0 spiro atoms. The first-order chi connectivity index (χ1) is 8.99. The summed E-state index contributed by atoms with van der Waals surface area (Å²) in [6.45, 7) is 1.37. The number of esters is 1. The highest BCUT2D eigenvalue weighted by Gasteiger charge is 2.18. The predicted octanol–water partition coefficient (Wildman–Crippen LogP) is 0.559. The summed E-state index contributed by atoms with van der Waals surface area (Å²) in [5, 5.41) is 0.545. The molecule has 19 heavy (non-hydrogen) atoms. The van der Waals surface area contributed by atoms with Gasteiger partial charge in [0.25, 0.3) is 5.91 Å². The molecule has 1 aromatic carbocycles. The lowest BCUT2D eigenvalue weighted by Crippen LogP contribution is -2.30. The summed E-state index contributed by atoms with van der Waals surface area (Å²) in [5.74, 6) is -1.50. The normalized spacial score (nSPS) is 12.1. The second-order valence-corrected chi connectivity index (χ2v) is 4.04. The van der Waals surface area contributed by atoms with Crippen LogP contribution in [0.2, 0.25) is 0 Å². The van der Waals surface area contributed by atoms with E-state index >= 15 is 0 Å². The van der Waals surface area contributed by atoms with Gasteiger partial charge in [-0.05, 0) is 13.0 Å². The summed E-state index contributed by atoms with van der Waals surface area (Å²) in [6, 6.07) is 7.95. The van der Waals surface area contributed by atoms with E-state index in [1.165, 1.54) is 6.92 Å². The summed E-state index contributed by atoms with van der Waals surface area (Å²) in [7, 11) is 0. The highest BCUT2D eigenvalue weighted by molar-refractivity contribution is 6.03. The number of amides is 1. The molecule has 1 amide bonds. The minimum Gasteiger partial charge on any atom is -0.449 e. The summed E-state index contributed by atoms with van der Waals surface area (Å²) in [5.41, 5.74) is 5.23. The van der Waals surface area contributed by atoms with Crippen LogP contribution in [-0.4, -0.2) is 23.0 Å². The summed E-state index contributed by atoms with van der Waals surface area (Å²) in [6.07, 6.45) is -1.05. The van der Waals surface area contributed by atoms with Gasteiger partial charge in [0.15, 0.2) is 6.10 Å². The van der Waals surface area contributed by atoms with Crippen molar-refractivity contribution < 1.29 is 14.3 Å². The van der Waals surface area contributed by atoms with Gasteiger partial charge in [-0.15, -0.1) is 0 Å². The van der Waals surface area contributed by atoms with E-state index in [2.05, 4.69) is 4.98 Å². The van der Waals surface area contributed by atoms with Crippen molar-refractivity contribution in [2.45, 2.75) is 13.0 Å². The molecule has 0 unspecified atom stereocenters. The van der Waals surface area contributed by atoms with Crippen LogP contribution < -0.4 is 11.3 Å². The Morgan fingerprint density at radius 1 is 1.32 bits per heavy atom. The van der Waals surface area contributed by atoms with Gasteiger partial charge >= 0.3 is 5.97 Å². The molecule has 0 radical (unpaired) electrons. The monoisotopic (exact) mass is 260 g/mol. The number of hydrogen-bond acceptors (Lipinski definition) is 4. The lowest BCUT2D eigenvalue weighted by atomic mass is 10.1. The molecule has 0 bridgehead atoms. The van der Waals surface area contributed by atoms with E-state index in [1.54, 1.807) is 24.3 Å². The number of para-hydroxylation sites is 1. The third kappa shape index (κ3) is 2.62. The van der Waals surface area contributed by atoms with Gasteiger partial charge in [0.1, 0.15) is 0 Å². The fourth-order valence-corrected chi connectivity index (χ4v) is 1.66. The first-order valence-electron chi connectivity index (χ1n) is 5.61. The lowest BCUT2D eigenvalue weighted by molar-refractivity contribution is -0.125. The number of nitrogens with two attached hydrogens (primary N) is 1. The van der Waals surface area contributed by atoms with Crippen molar-refractivity contribution in [3.05, 3.63) is 46.2 Å². The first kappa shape index (κ1) is 12.8. The topological polar surface area (TPSA) is 102 Å². The summed E-state index contributed by atoms with van der Waals surface area (Å²) >= 11 is 0. The molecule has 1 atom stereocenters. The molecule has 6 nitrogen and oxygen atoms in total. The van der Waals surface area contributed by atoms with Crippen molar-refractivity contribution in [3.8, 4) is 0 Å². The molecule has 0 saturated heterocycles. The number of primary amides is 1. The van der Waals surface area contributed by atoms with E-state index in [1.807, 2.05) is 0 Å². The van der Waals surface area contributed by atoms with E-state index in [4.69, 9.17) is 10.5 Å². The van der Waals surface area contributed by atoms with E-state index < -0.39 is 23.5 Å². The fraction of sp³-hybridized carbons (Fsp3) is 0.154. The molecular weight excluding hydrogens is 248 g/mol. The van der Waals surface area contributed by atoms with E-state index in [0.717, 1.165) is 6.07 Å². The van der Waals surface area contributed by atoms with Gasteiger partial charge in [-0.3, -0.25) is 9.59 Å². The minimum absolute atomic E-state index is 0.104. The lowest BCUT2D eigenvalue weighted by Gasteiger charge is -2.10. The number of ether oxygens (including phenoxy) is 1. The zero-order chi connectivity index (χ0) is 14.0. The third-order valence-corrected chi connectivity index (χ3v) is 2.65. The molecule has 6 heteroatoms. The largest absolute Gasteiger partial charge is 0.449 e. The standard InChI is InChI=1S/C13H12N2O4/c1-7(12(14)17)19-13(18)9-6-11(16)15-10-5-3-2-4-8(9)10/h2-7H,1H3,(H2,14,17)(H,15,16)/t7-/m0/s1. The van der Waals surface area contributed by atoms with Crippen molar-refractivity contribution in [2.75, 3.05) is 0 Å². The van der Waals surface area contributed by atoms with Gasteiger partial charge in [0, 0.05) is 17.0 Å². The molecular formula is C13H12N2O4. The Hall–Kier alpha value is -2.63. The Balaban J connectivity index is 2.47. The van der Waals surface area contributed by atoms with Crippen molar-refractivity contribution in [2.24, 2.45) is 5.73 Å². The quantitative estimate of drug-likeness (QED) is 0.787. The Morgan fingerprint density at radius 3 is 2.68 bits per heavy atom. The molecule has 0 aliphatic carbocycles. The van der Waals surface area contributed by atoms with Gasteiger partial charge in [-0.25, -0.2) is 4.79 Å². The average Bonchev–Trinajstić information content (AvgIpc) is 2.37. The highest BCUT2D eigenvalue weighted by Crippen LogP contribution is 2.15. The van der Waals surface area contributed by atoms with E-state index in [-0.39, 0.29) is 5.56 Å². The number of aromatic nitrogens is 1. The number of benzene rings is 1. The summed E-state index contributed by atoms with van der Waals surface area (Å²) < 4.78 is 4.89. The maximum absolute atomic E-state index is 11.9. The number of rotatable bonds is 3. The van der Waals surface area contributed by atoms with Gasteiger partial charge in [-0.1, -0.05) is 18.2 Å². The maximum atomic E-state index is 11.9. The first-order valence-corrected chi connectivity index (χ1v) is 5.61. The van der Waals surface area contributed by atoms with E-state index in [0.29, 0.717) is 10.9 Å². The number of nitrogens with one attached hydrogen (secondary N) is 1. The van der Waals surface area contributed by atoms with Gasteiger partial charge in [0.2, 0.25) is 5.56 Å². The van der Waals surface area contributed by atoms with Crippen LogP contribution in [0.15, 0.2) is 35.1 Å². The molecule has 98 valence electrons. The molecule has 2 rings (SSSR count). The van der Waals surface area contributed by atoms with E-state index in [9.17, 15) is 14.4 Å². The number of H-pyrrole nitrogens is 1. The molecule has 1 aromatic heterocycles.